The largest absolute Gasteiger partial charge is 0.467 e. The van der Waals surface area contributed by atoms with Gasteiger partial charge in [0.05, 0.1) is 12.8 Å². The van der Waals surface area contributed by atoms with Crippen LogP contribution in [0.5, 0.6) is 0 Å². The van der Waals surface area contributed by atoms with Crippen LogP contribution in [0.15, 0.2) is 58.1 Å². The van der Waals surface area contributed by atoms with Crippen LogP contribution < -0.4 is 10.6 Å². The number of amides is 1. The Bertz CT molecular complexity index is 791. The molecule has 3 rings (SSSR count). The van der Waals surface area contributed by atoms with Gasteiger partial charge in [-0.25, -0.2) is 0 Å². The van der Waals surface area contributed by atoms with Crippen LogP contribution in [0.4, 0.5) is 0 Å². The monoisotopic (exact) mass is 554 g/mol. The zero-order chi connectivity index (χ0) is 21.7. The molecular weight excluding hydrogens is 519 g/mol. The molecule has 2 N–H and O–H groups in total. The number of guanidine groups is 1. The average Bonchev–Trinajstić information content (AvgIpc) is 3.32. The van der Waals surface area contributed by atoms with Gasteiger partial charge in [0.2, 0.25) is 5.91 Å². The van der Waals surface area contributed by atoms with Crippen molar-refractivity contribution in [3.63, 3.8) is 0 Å². The lowest BCUT2D eigenvalue weighted by molar-refractivity contribution is -0.131. The van der Waals surface area contributed by atoms with Crippen molar-refractivity contribution < 1.29 is 13.9 Å². The molecule has 0 bridgehead atoms. The fourth-order valence-corrected chi connectivity index (χ4v) is 3.77. The maximum atomic E-state index is 12.6. The summed E-state index contributed by atoms with van der Waals surface area (Å²) in [6.45, 7) is 3.75. The van der Waals surface area contributed by atoms with Gasteiger partial charge in [0.25, 0.3) is 0 Å². The van der Waals surface area contributed by atoms with Crippen molar-refractivity contribution in [3.8, 4) is 0 Å². The highest BCUT2D eigenvalue weighted by atomic mass is 127. The van der Waals surface area contributed by atoms with E-state index in [2.05, 4.69) is 46.0 Å². The van der Waals surface area contributed by atoms with Crippen LogP contribution in [0.3, 0.4) is 0 Å². The molecule has 2 heterocycles. The van der Waals surface area contributed by atoms with E-state index < -0.39 is 0 Å². The lowest BCUT2D eigenvalue weighted by atomic mass is 9.90. The Kier molecular flexibility index (Phi) is 12.2. The molecule has 1 saturated heterocycles. The van der Waals surface area contributed by atoms with Crippen LogP contribution in [0.1, 0.15) is 30.6 Å². The summed E-state index contributed by atoms with van der Waals surface area (Å²) in [5.41, 5.74) is 1.38. The van der Waals surface area contributed by atoms with Crippen molar-refractivity contribution in [1.82, 2.24) is 15.5 Å². The fraction of sp³-hybridized carbons (Fsp3) is 0.500. The normalized spacial score (nSPS) is 14.7. The second-order valence-corrected chi connectivity index (χ2v) is 7.85. The van der Waals surface area contributed by atoms with Crippen molar-refractivity contribution in [2.75, 3.05) is 39.8 Å². The Labute approximate surface area is 208 Å². The number of halogens is 1. The molecule has 1 aliphatic heterocycles. The van der Waals surface area contributed by atoms with E-state index in [0.717, 1.165) is 51.1 Å². The number of benzene rings is 1. The number of ether oxygens (including phenoxy) is 1. The maximum absolute atomic E-state index is 12.6. The zero-order valence-electron chi connectivity index (χ0n) is 18.8. The van der Waals surface area contributed by atoms with Crippen molar-refractivity contribution in [3.05, 3.63) is 60.1 Å². The first-order valence-electron chi connectivity index (χ1n) is 11.1. The SMILES string of the molecule is CN=C(NCCCOCc1ccco1)NCC(=O)N1CCC(Cc2ccccc2)CC1.I. The Morgan fingerprint density at radius 3 is 2.62 bits per heavy atom. The number of carbonyl (C=O) groups is 1. The fourth-order valence-electron chi connectivity index (χ4n) is 3.77. The summed E-state index contributed by atoms with van der Waals surface area (Å²) >= 11 is 0. The molecule has 0 spiro atoms. The number of nitrogens with zero attached hydrogens (tertiary/aromatic N) is 2. The number of furan rings is 1. The van der Waals surface area contributed by atoms with E-state index >= 15 is 0 Å². The van der Waals surface area contributed by atoms with E-state index in [1.165, 1.54) is 5.56 Å². The first-order chi connectivity index (χ1) is 15.2. The molecule has 32 heavy (non-hydrogen) atoms. The number of piperidine rings is 1. The van der Waals surface area contributed by atoms with Gasteiger partial charge in [0.15, 0.2) is 5.96 Å². The molecular formula is C24H35IN4O3. The van der Waals surface area contributed by atoms with Gasteiger partial charge in [-0.3, -0.25) is 9.79 Å². The molecule has 0 radical (unpaired) electrons. The van der Waals surface area contributed by atoms with Crippen molar-refractivity contribution >= 4 is 35.8 Å². The summed E-state index contributed by atoms with van der Waals surface area (Å²) in [7, 11) is 1.71. The van der Waals surface area contributed by atoms with E-state index in [1.54, 1.807) is 13.3 Å². The topological polar surface area (TPSA) is 79.1 Å². The van der Waals surface area contributed by atoms with Gasteiger partial charge >= 0.3 is 0 Å². The maximum Gasteiger partial charge on any atom is 0.241 e. The number of likely N-dealkylation sites (tertiary alicyclic amines) is 1. The van der Waals surface area contributed by atoms with Crippen LogP contribution >= 0.6 is 24.0 Å². The van der Waals surface area contributed by atoms with Crippen molar-refractivity contribution in [2.24, 2.45) is 10.9 Å². The van der Waals surface area contributed by atoms with Crippen LogP contribution in [0.2, 0.25) is 0 Å². The highest BCUT2D eigenvalue weighted by molar-refractivity contribution is 14.0. The molecule has 1 aliphatic rings. The predicted molar refractivity (Wildman–Crippen MR) is 137 cm³/mol. The minimum Gasteiger partial charge on any atom is -0.467 e. The summed E-state index contributed by atoms with van der Waals surface area (Å²) < 4.78 is 10.8. The standard InChI is InChI=1S/C24H34N4O3.HI/c1-25-24(26-12-6-15-30-19-22-9-5-16-31-22)27-18-23(29)28-13-10-21(11-14-28)17-20-7-3-2-4-8-20;/h2-5,7-9,16,21H,6,10-15,17-19H2,1H3,(H2,25,26,27);1H. The van der Waals surface area contributed by atoms with Gasteiger partial charge < -0.3 is 24.7 Å². The van der Waals surface area contributed by atoms with Gasteiger partial charge in [-0.05, 0) is 49.3 Å². The minimum atomic E-state index is 0. The second-order valence-electron chi connectivity index (χ2n) is 7.85. The summed E-state index contributed by atoms with van der Waals surface area (Å²) in [5, 5.41) is 6.34. The molecule has 1 amide bonds. The van der Waals surface area contributed by atoms with E-state index in [1.807, 2.05) is 17.0 Å². The molecule has 1 aromatic heterocycles. The van der Waals surface area contributed by atoms with Gasteiger partial charge in [-0.15, -0.1) is 24.0 Å². The average molecular weight is 554 g/mol. The quantitative estimate of drug-likeness (QED) is 0.204. The molecule has 0 aliphatic carbocycles. The molecule has 1 fully saturated rings. The summed E-state index contributed by atoms with van der Waals surface area (Å²) in [4.78, 5) is 18.7. The van der Waals surface area contributed by atoms with Gasteiger partial charge in [-0.1, -0.05) is 30.3 Å². The molecule has 1 aromatic carbocycles. The van der Waals surface area contributed by atoms with E-state index in [-0.39, 0.29) is 36.4 Å². The van der Waals surface area contributed by atoms with E-state index in [0.29, 0.717) is 25.1 Å². The zero-order valence-corrected chi connectivity index (χ0v) is 21.1. The number of nitrogens with one attached hydrogen (secondary N) is 2. The number of rotatable bonds is 10. The molecule has 0 unspecified atom stereocenters. The highest BCUT2D eigenvalue weighted by Gasteiger charge is 2.22. The van der Waals surface area contributed by atoms with Crippen molar-refractivity contribution in [2.45, 2.75) is 32.3 Å². The van der Waals surface area contributed by atoms with E-state index in [4.69, 9.17) is 9.15 Å². The van der Waals surface area contributed by atoms with Crippen LogP contribution in [0, 0.1) is 5.92 Å². The first-order valence-corrected chi connectivity index (χ1v) is 11.1. The van der Waals surface area contributed by atoms with Crippen LogP contribution in [-0.2, 0) is 22.6 Å². The first kappa shape index (κ1) is 26.2. The van der Waals surface area contributed by atoms with Gasteiger partial charge in [-0.2, -0.15) is 0 Å². The molecule has 8 heteroatoms. The highest BCUT2D eigenvalue weighted by Crippen LogP contribution is 2.21. The lowest BCUT2D eigenvalue weighted by Gasteiger charge is -2.32. The third-order valence-corrected chi connectivity index (χ3v) is 5.55. The molecule has 176 valence electrons. The van der Waals surface area contributed by atoms with Crippen LogP contribution in [0.25, 0.3) is 0 Å². The van der Waals surface area contributed by atoms with Crippen LogP contribution in [-0.4, -0.2) is 56.6 Å². The number of carbonyl (C=O) groups excluding carboxylic acids is 1. The third-order valence-electron chi connectivity index (χ3n) is 5.55. The predicted octanol–water partition coefficient (Wildman–Crippen LogP) is 3.45. The Hall–Kier alpha value is -2.07. The third kappa shape index (κ3) is 9.20. The number of aliphatic imine (C=N–C) groups is 1. The Balaban J connectivity index is 0.00000363. The Morgan fingerprint density at radius 1 is 1.16 bits per heavy atom. The van der Waals surface area contributed by atoms with E-state index in [9.17, 15) is 4.79 Å². The van der Waals surface area contributed by atoms with Gasteiger partial charge in [0.1, 0.15) is 12.4 Å². The summed E-state index contributed by atoms with van der Waals surface area (Å²) in [5.74, 6) is 2.25. The number of hydrogen-bond donors (Lipinski definition) is 2. The molecule has 0 atom stereocenters. The second kappa shape index (κ2) is 14.9. The lowest BCUT2D eigenvalue weighted by Crippen LogP contribution is -2.47. The van der Waals surface area contributed by atoms with Gasteiger partial charge in [0, 0.05) is 33.3 Å². The molecule has 2 aromatic rings. The molecule has 0 saturated carbocycles. The summed E-state index contributed by atoms with van der Waals surface area (Å²) in [6.07, 6.45) is 5.70. The summed E-state index contributed by atoms with van der Waals surface area (Å²) in [6, 6.07) is 14.4. The minimum absolute atomic E-state index is 0. The number of hydrogen-bond acceptors (Lipinski definition) is 4. The smallest absolute Gasteiger partial charge is 0.241 e. The van der Waals surface area contributed by atoms with Crippen molar-refractivity contribution in [1.29, 1.82) is 0 Å². The molecule has 7 nitrogen and oxygen atoms in total. The Morgan fingerprint density at radius 2 is 1.94 bits per heavy atom.